The first-order valence-electron chi connectivity index (χ1n) is 7.35. The molecule has 4 nitrogen and oxygen atoms in total. The Kier molecular flexibility index (Phi) is 4.40. The molecule has 106 valence electrons. The maximum Gasteiger partial charge on any atom is 0.136 e. The van der Waals surface area contributed by atoms with Crippen molar-refractivity contribution in [3.63, 3.8) is 0 Å². The Morgan fingerprint density at radius 3 is 2.47 bits per heavy atom. The number of hydrogen-bond donors (Lipinski definition) is 1. The van der Waals surface area contributed by atoms with Crippen LogP contribution in [0, 0.1) is 0 Å². The van der Waals surface area contributed by atoms with Gasteiger partial charge in [-0.25, -0.2) is 9.97 Å². The molecule has 1 saturated heterocycles. The molecule has 0 aromatic carbocycles. The van der Waals surface area contributed by atoms with Crippen LogP contribution in [0.2, 0.25) is 0 Å². The van der Waals surface area contributed by atoms with Crippen LogP contribution in [0.3, 0.4) is 0 Å². The maximum absolute atomic E-state index is 4.80. The largest absolute Gasteiger partial charge is 0.354 e. The van der Waals surface area contributed by atoms with Gasteiger partial charge in [0.25, 0.3) is 0 Å². The minimum Gasteiger partial charge on any atom is -0.354 e. The van der Waals surface area contributed by atoms with Gasteiger partial charge in [-0.15, -0.1) is 0 Å². The van der Waals surface area contributed by atoms with Gasteiger partial charge >= 0.3 is 0 Å². The lowest BCUT2D eigenvalue weighted by molar-refractivity contribution is 0.533. The van der Waals surface area contributed by atoms with Crippen molar-refractivity contribution in [2.45, 2.75) is 46.0 Å². The zero-order chi connectivity index (χ0) is 13.9. The molecule has 1 N–H and O–H groups in total. The Bertz CT molecular complexity index is 417. The Labute approximate surface area is 116 Å². The number of rotatable bonds is 3. The summed E-state index contributed by atoms with van der Waals surface area (Å²) < 4.78 is 0. The van der Waals surface area contributed by atoms with Crippen molar-refractivity contribution in [3.05, 3.63) is 17.6 Å². The van der Waals surface area contributed by atoms with Gasteiger partial charge < -0.3 is 10.2 Å². The van der Waals surface area contributed by atoms with Crippen LogP contribution in [-0.2, 0) is 11.8 Å². The van der Waals surface area contributed by atoms with E-state index in [1.165, 1.54) is 5.69 Å². The SMILES string of the molecule is CCCc1cc(N2CCNCC2)nc(C(C)(C)C)n1. The van der Waals surface area contributed by atoms with Crippen molar-refractivity contribution < 1.29 is 0 Å². The van der Waals surface area contributed by atoms with E-state index in [0.29, 0.717) is 0 Å². The predicted octanol–water partition coefficient (Wildman–Crippen LogP) is 2.14. The third kappa shape index (κ3) is 3.66. The summed E-state index contributed by atoms with van der Waals surface area (Å²) in [6.45, 7) is 12.9. The summed E-state index contributed by atoms with van der Waals surface area (Å²) >= 11 is 0. The molecule has 1 aromatic rings. The molecule has 1 aliphatic rings. The molecule has 0 bridgehead atoms. The highest BCUT2D eigenvalue weighted by molar-refractivity contribution is 5.41. The second kappa shape index (κ2) is 5.87. The summed E-state index contributed by atoms with van der Waals surface area (Å²) in [4.78, 5) is 11.9. The molecule has 1 aliphatic heterocycles. The van der Waals surface area contributed by atoms with Gasteiger partial charge in [-0.1, -0.05) is 34.1 Å². The molecule has 2 rings (SSSR count). The van der Waals surface area contributed by atoms with Crippen LogP contribution in [0.5, 0.6) is 0 Å². The quantitative estimate of drug-likeness (QED) is 0.906. The highest BCUT2D eigenvalue weighted by atomic mass is 15.2. The maximum atomic E-state index is 4.80. The van der Waals surface area contributed by atoms with Crippen LogP contribution >= 0.6 is 0 Å². The number of nitrogens with zero attached hydrogens (tertiary/aromatic N) is 3. The molecule has 0 radical (unpaired) electrons. The number of piperazine rings is 1. The van der Waals surface area contributed by atoms with E-state index < -0.39 is 0 Å². The van der Waals surface area contributed by atoms with E-state index in [2.05, 4.69) is 44.0 Å². The standard InChI is InChI=1S/C15H26N4/c1-5-6-12-11-13(19-9-7-16-8-10-19)18-14(17-12)15(2,3)4/h11,16H,5-10H2,1-4H3. The third-order valence-corrected chi connectivity index (χ3v) is 3.38. The number of aromatic nitrogens is 2. The first-order valence-corrected chi connectivity index (χ1v) is 7.35. The summed E-state index contributed by atoms with van der Waals surface area (Å²) in [5.41, 5.74) is 1.18. The lowest BCUT2D eigenvalue weighted by atomic mass is 9.95. The van der Waals surface area contributed by atoms with Crippen molar-refractivity contribution in [2.75, 3.05) is 31.1 Å². The highest BCUT2D eigenvalue weighted by Crippen LogP contribution is 2.23. The Morgan fingerprint density at radius 1 is 1.21 bits per heavy atom. The second-order valence-electron chi connectivity index (χ2n) is 6.28. The van der Waals surface area contributed by atoms with Gasteiger partial charge in [0, 0.05) is 43.4 Å². The van der Waals surface area contributed by atoms with Crippen molar-refractivity contribution in [3.8, 4) is 0 Å². The molecule has 0 saturated carbocycles. The fourth-order valence-corrected chi connectivity index (χ4v) is 2.26. The van der Waals surface area contributed by atoms with Gasteiger partial charge in [-0.3, -0.25) is 0 Å². The van der Waals surface area contributed by atoms with Crippen molar-refractivity contribution in [2.24, 2.45) is 0 Å². The lowest BCUT2D eigenvalue weighted by Crippen LogP contribution is -2.44. The number of nitrogens with one attached hydrogen (secondary N) is 1. The number of hydrogen-bond acceptors (Lipinski definition) is 4. The summed E-state index contributed by atoms with van der Waals surface area (Å²) in [7, 11) is 0. The van der Waals surface area contributed by atoms with E-state index in [9.17, 15) is 0 Å². The summed E-state index contributed by atoms with van der Waals surface area (Å²) in [5.74, 6) is 2.07. The van der Waals surface area contributed by atoms with Crippen molar-refractivity contribution in [1.29, 1.82) is 0 Å². The van der Waals surface area contributed by atoms with Crippen LogP contribution in [0.4, 0.5) is 5.82 Å². The van der Waals surface area contributed by atoms with Crippen molar-refractivity contribution in [1.82, 2.24) is 15.3 Å². The van der Waals surface area contributed by atoms with Crippen LogP contribution in [0.15, 0.2) is 6.07 Å². The number of anilines is 1. The highest BCUT2D eigenvalue weighted by Gasteiger charge is 2.21. The van der Waals surface area contributed by atoms with E-state index >= 15 is 0 Å². The van der Waals surface area contributed by atoms with Gasteiger partial charge in [-0.2, -0.15) is 0 Å². The van der Waals surface area contributed by atoms with Gasteiger partial charge in [-0.05, 0) is 6.42 Å². The molecule has 4 heteroatoms. The minimum absolute atomic E-state index is 0.00649. The van der Waals surface area contributed by atoms with E-state index in [0.717, 1.165) is 50.7 Å². The van der Waals surface area contributed by atoms with E-state index in [-0.39, 0.29) is 5.41 Å². The van der Waals surface area contributed by atoms with Crippen LogP contribution in [0.25, 0.3) is 0 Å². The molecular weight excluding hydrogens is 236 g/mol. The molecule has 0 spiro atoms. The average molecular weight is 262 g/mol. The predicted molar refractivity (Wildman–Crippen MR) is 79.8 cm³/mol. The molecular formula is C15H26N4. The molecule has 1 aromatic heterocycles. The molecule has 0 amide bonds. The normalized spacial score (nSPS) is 16.7. The summed E-state index contributed by atoms with van der Waals surface area (Å²) in [5, 5.41) is 3.38. The molecule has 0 aliphatic carbocycles. The van der Waals surface area contributed by atoms with Gasteiger partial charge in [0.1, 0.15) is 11.6 Å². The third-order valence-electron chi connectivity index (χ3n) is 3.38. The fraction of sp³-hybridized carbons (Fsp3) is 0.733. The molecule has 0 unspecified atom stereocenters. The first-order chi connectivity index (χ1) is 9.00. The van der Waals surface area contributed by atoms with Crippen LogP contribution in [0.1, 0.15) is 45.6 Å². The number of aryl methyl sites for hydroxylation is 1. The van der Waals surface area contributed by atoms with Gasteiger partial charge in [0.05, 0.1) is 0 Å². The van der Waals surface area contributed by atoms with Crippen molar-refractivity contribution >= 4 is 5.82 Å². The van der Waals surface area contributed by atoms with Crippen LogP contribution < -0.4 is 10.2 Å². The van der Waals surface area contributed by atoms with E-state index in [4.69, 9.17) is 9.97 Å². The smallest absolute Gasteiger partial charge is 0.136 e. The fourth-order valence-electron chi connectivity index (χ4n) is 2.26. The minimum atomic E-state index is 0.00649. The van der Waals surface area contributed by atoms with E-state index in [1.807, 2.05) is 0 Å². The monoisotopic (exact) mass is 262 g/mol. The zero-order valence-corrected chi connectivity index (χ0v) is 12.7. The van der Waals surface area contributed by atoms with Crippen LogP contribution in [-0.4, -0.2) is 36.1 Å². The average Bonchev–Trinajstić information content (AvgIpc) is 2.39. The summed E-state index contributed by atoms with van der Waals surface area (Å²) in [6, 6.07) is 2.17. The summed E-state index contributed by atoms with van der Waals surface area (Å²) in [6.07, 6.45) is 2.16. The Morgan fingerprint density at radius 2 is 1.89 bits per heavy atom. The molecule has 2 heterocycles. The molecule has 1 fully saturated rings. The second-order valence-corrected chi connectivity index (χ2v) is 6.28. The molecule has 0 atom stereocenters. The Hall–Kier alpha value is -1.16. The zero-order valence-electron chi connectivity index (χ0n) is 12.7. The molecule has 19 heavy (non-hydrogen) atoms. The Balaban J connectivity index is 2.33. The van der Waals surface area contributed by atoms with Gasteiger partial charge in [0.15, 0.2) is 0 Å². The van der Waals surface area contributed by atoms with Gasteiger partial charge in [0.2, 0.25) is 0 Å². The first kappa shape index (κ1) is 14.3. The van der Waals surface area contributed by atoms with E-state index in [1.54, 1.807) is 0 Å². The lowest BCUT2D eigenvalue weighted by Gasteiger charge is -2.30. The topological polar surface area (TPSA) is 41.0 Å².